The molecular formula is C20H26N2O2. The molecule has 2 N–H and O–H groups in total. The quantitative estimate of drug-likeness (QED) is 0.848. The third-order valence-electron chi connectivity index (χ3n) is 4.26. The van der Waals surface area contributed by atoms with Crippen molar-refractivity contribution < 1.29 is 9.53 Å². The third kappa shape index (κ3) is 4.15. The van der Waals surface area contributed by atoms with Gasteiger partial charge in [0, 0.05) is 24.7 Å². The van der Waals surface area contributed by atoms with E-state index in [9.17, 15) is 4.79 Å². The summed E-state index contributed by atoms with van der Waals surface area (Å²) in [5.74, 6) is 0.777. The van der Waals surface area contributed by atoms with Gasteiger partial charge < -0.3 is 15.4 Å². The van der Waals surface area contributed by atoms with Gasteiger partial charge >= 0.3 is 0 Å². The highest BCUT2D eigenvalue weighted by Gasteiger charge is 2.19. The van der Waals surface area contributed by atoms with E-state index in [1.807, 2.05) is 67.3 Å². The van der Waals surface area contributed by atoms with Crippen molar-refractivity contribution in [3.63, 3.8) is 0 Å². The summed E-state index contributed by atoms with van der Waals surface area (Å²) >= 11 is 0. The van der Waals surface area contributed by atoms with Crippen LogP contribution in [0.3, 0.4) is 0 Å². The molecule has 0 aliphatic rings. The molecule has 0 aromatic heterocycles. The van der Waals surface area contributed by atoms with Gasteiger partial charge in [0.15, 0.2) is 0 Å². The SMILES string of the molecule is CCN(CC)C(=O)c1ccc(OC)cc1C[C@H](N)c1ccccc1. The fourth-order valence-corrected chi connectivity index (χ4v) is 2.81. The number of carbonyl (C=O) groups excluding carboxylic acids is 1. The Morgan fingerprint density at radius 2 is 1.79 bits per heavy atom. The molecule has 0 spiro atoms. The maximum atomic E-state index is 12.8. The summed E-state index contributed by atoms with van der Waals surface area (Å²) in [5.41, 5.74) is 9.04. The number of methoxy groups -OCH3 is 1. The Morgan fingerprint density at radius 3 is 2.38 bits per heavy atom. The molecule has 4 nitrogen and oxygen atoms in total. The van der Waals surface area contributed by atoms with Gasteiger partial charge in [-0.25, -0.2) is 0 Å². The summed E-state index contributed by atoms with van der Waals surface area (Å²) in [6.07, 6.45) is 0.587. The molecule has 128 valence electrons. The number of ether oxygens (including phenoxy) is 1. The van der Waals surface area contributed by atoms with E-state index in [1.165, 1.54) is 0 Å². The first-order valence-corrected chi connectivity index (χ1v) is 8.37. The van der Waals surface area contributed by atoms with Crippen molar-refractivity contribution in [2.24, 2.45) is 5.73 Å². The molecule has 0 saturated heterocycles. The molecule has 0 bridgehead atoms. The zero-order valence-corrected chi connectivity index (χ0v) is 14.7. The molecule has 0 aliphatic heterocycles. The van der Waals surface area contributed by atoms with E-state index >= 15 is 0 Å². The van der Waals surface area contributed by atoms with Gasteiger partial charge in [0.1, 0.15) is 5.75 Å². The Labute approximate surface area is 144 Å². The number of amides is 1. The minimum atomic E-state index is -0.165. The number of carbonyl (C=O) groups is 1. The largest absolute Gasteiger partial charge is 0.497 e. The van der Waals surface area contributed by atoms with Gasteiger partial charge in [-0.3, -0.25) is 4.79 Å². The van der Waals surface area contributed by atoms with Crippen LogP contribution in [0.15, 0.2) is 48.5 Å². The second-order valence-corrected chi connectivity index (χ2v) is 5.72. The van der Waals surface area contributed by atoms with E-state index in [0.717, 1.165) is 16.9 Å². The van der Waals surface area contributed by atoms with E-state index < -0.39 is 0 Å². The summed E-state index contributed by atoms with van der Waals surface area (Å²) in [6.45, 7) is 5.34. The van der Waals surface area contributed by atoms with Crippen molar-refractivity contribution in [1.82, 2.24) is 4.90 Å². The van der Waals surface area contributed by atoms with Crippen molar-refractivity contribution in [1.29, 1.82) is 0 Å². The summed E-state index contributed by atoms with van der Waals surface area (Å²) in [7, 11) is 1.63. The highest BCUT2D eigenvalue weighted by atomic mass is 16.5. The lowest BCUT2D eigenvalue weighted by Gasteiger charge is -2.22. The van der Waals surface area contributed by atoms with Crippen LogP contribution < -0.4 is 10.5 Å². The normalized spacial score (nSPS) is 11.8. The third-order valence-corrected chi connectivity index (χ3v) is 4.26. The van der Waals surface area contributed by atoms with Crippen LogP contribution in [0.4, 0.5) is 0 Å². The van der Waals surface area contributed by atoms with Gasteiger partial charge in [0.05, 0.1) is 7.11 Å². The summed E-state index contributed by atoms with van der Waals surface area (Å²) < 4.78 is 5.32. The average Bonchev–Trinajstić information content (AvgIpc) is 2.63. The smallest absolute Gasteiger partial charge is 0.254 e. The number of hydrogen-bond acceptors (Lipinski definition) is 3. The first-order valence-electron chi connectivity index (χ1n) is 8.37. The zero-order chi connectivity index (χ0) is 17.5. The molecule has 0 fully saturated rings. The van der Waals surface area contributed by atoms with Crippen LogP contribution in [0.1, 0.15) is 41.4 Å². The summed E-state index contributed by atoms with van der Waals surface area (Å²) in [6, 6.07) is 15.4. The standard InChI is InChI=1S/C20H26N2O2/c1-4-22(5-2)20(23)18-12-11-17(24-3)13-16(18)14-19(21)15-9-7-6-8-10-15/h6-13,19H,4-5,14,21H2,1-3H3/t19-/m0/s1. The fourth-order valence-electron chi connectivity index (χ4n) is 2.81. The van der Waals surface area contributed by atoms with E-state index in [0.29, 0.717) is 25.1 Å². The zero-order valence-electron chi connectivity index (χ0n) is 14.7. The van der Waals surface area contributed by atoms with E-state index in [2.05, 4.69) is 0 Å². The topological polar surface area (TPSA) is 55.6 Å². The number of nitrogens with two attached hydrogens (primary N) is 1. The second-order valence-electron chi connectivity index (χ2n) is 5.72. The maximum absolute atomic E-state index is 12.8. The van der Waals surface area contributed by atoms with E-state index in [1.54, 1.807) is 7.11 Å². The first kappa shape index (κ1) is 18.0. The van der Waals surface area contributed by atoms with Gasteiger partial charge in [-0.2, -0.15) is 0 Å². The number of hydrogen-bond donors (Lipinski definition) is 1. The average molecular weight is 326 g/mol. The van der Waals surface area contributed by atoms with Crippen molar-refractivity contribution in [3.8, 4) is 5.75 Å². The molecule has 24 heavy (non-hydrogen) atoms. The van der Waals surface area contributed by atoms with Gasteiger partial charge in [-0.1, -0.05) is 30.3 Å². The molecule has 4 heteroatoms. The van der Waals surface area contributed by atoms with Crippen LogP contribution in [0.5, 0.6) is 5.75 Å². The van der Waals surface area contributed by atoms with Crippen LogP contribution in [-0.2, 0) is 6.42 Å². The highest BCUT2D eigenvalue weighted by molar-refractivity contribution is 5.96. The molecular weight excluding hydrogens is 300 g/mol. The van der Waals surface area contributed by atoms with Crippen LogP contribution in [0.2, 0.25) is 0 Å². The van der Waals surface area contributed by atoms with Gasteiger partial charge in [0.2, 0.25) is 0 Å². The maximum Gasteiger partial charge on any atom is 0.254 e. The fraction of sp³-hybridized carbons (Fsp3) is 0.350. The number of nitrogens with zero attached hydrogens (tertiary/aromatic N) is 1. The Kier molecular flexibility index (Phi) is 6.38. The van der Waals surface area contributed by atoms with Crippen LogP contribution >= 0.6 is 0 Å². The van der Waals surface area contributed by atoms with Crippen LogP contribution in [0, 0.1) is 0 Å². The Morgan fingerprint density at radius 1 is 1.12 bits per heavy atom. The lowest BCUT2D eigenvalue weighted by molar-refractivity contribution is 0.0772. The lowest BCUT2D eigenvalue weighted by atomic mass is 9.95. The molecule has 1 atom stereocenters. The monoisotopic (exact) mass is 326 g/mol. The van der Waals surface area contributed by atoms with Gasteiger partial charge in [-0.15, -0.1) is 0 Å². The molecule has 2 aromatic carbocycles. The van der Waals surface area contributed by atoms with Crippen molar-refractivity contribution in [2.75, 3.05) is 20.2 Å². The molecule has 0 heterocycles. The predicted octanol–water partition coefficient (Wildman–Crippen LogP) is 3.42. The van der Waals surface area contributed by atoms with E-state index in [4.69, 9.17) is 10.5 Å². The van der Waals surface area contributed by atoms with Gasteiger partial charge in [-0.05, 0) is 49.6 Å². The molecule has 1 amide bonds. The number of benzene rings is 2. The minimum Gasteiger partial charge on any atom is -0.497 e. The summed E-state index contributed by atoms with van der Waals surface area (Å²) in [4.78, 5) is 14.6. The molecule has 0 radical (unpaired) electrons. The molecule has 0 saturated carbocycles. The Hall–Kier alpha value is -2.33. The van der Waals surface area contributed by atoms with E-state index in [-0.39, 0.29) is 11.9 Å². The van der Waals surface area contributed by atoms with Crippen molar-refractivity contribution >= 4 is 5.91 Å². The Balaban J connectivity index is 2.34. The summed E-state index contributed by atoms with van der Waals surface area (Å²) in [5, 5.41) is 0. The highest BCUT2D eigenvalue weighted by Crippen LogP contribution is 2.24. The van der Waals surface area contributed by atoms with Crippen molar-refractivity contribution in [3.05, 3.63) is 65.2 Å². The Bertz CT molecular complexity index is 667. The van der Waals surface area contributed by atoms with Gasteiger partial charge in [0.25, 0.3) is 5.91 Å². The second kappa shape index (κ2) is 8.50. The first-order chi connectivity index (χ1) is 11.6. The lowest BCUT2D eigenvalue weighted by Crippen LogP contribution is -2.31. The molecule has 0 aliphatic carbocycles. The molecule has 2 aromatic rings. The van der Waals surface area contributed by atoms with Crippen LogP contribution in [0.25, 0.3) is 0 Å². The van der Waals surface area contributed by atoms with Crippen LogP contribution in [-0.4, -0.2) is 31.0 Å². The molecule has 0 unspecified atom stereocenters. The molecule has 2 rings (SSSR count). The number of rotatable bonds is 7. The minimum absolute atomic E-state index is 0.0397. The predicted molar refractivity (Wildman–Crippen MR) is 97.3 cm³/mol. The van der Waals surface area contributed by atoms with Crippen molar-refractivity contribution in [2.45, 2.75) is 26.3 Å².